The van der Waals surface area contributed by atoms with Crippen molar-refractivity contribution in [2.24, 2.45) is 0 Å². The van der Waals surface area contributed by atoms with E-state index in [0.29, 0.717) is 13.2 Å². The first-order valence-electron chi connectivity index (χ1n) is 10.6. The summed E-state index contributed by atoms with van der Waals surface area (Å²) in [5.41, 5.74) is 2.33. The number of benzene rings is 2. The van der Waals surface area contributed by atoms with Gasteiger partial charge >= 0.3 is 12.1 Å². The summed E-state index contributed by atoms with van der Waals surface area (Å²) in [6.07, 6.45) is 1.31. The zero-order chi connectivity index (χ0) is 22.2. The van der Waals surface area contributed by atoms with Gasteiger partial charge in [0.05, 0.1) is 18.2 Å². The molecule has 4 rings (SSSR count). The van der Waals surface area contributed by atoms with E-state index in [4.69, 9.17) is 9.47 Å². The van der Waals surface area contributed by atoms with Crippen LogP contribution in [0.15, 0.2) is 60.8 Å². The molecule has 0 radical (unpaired) electrons. The second-order valence-electron chi connectivity index (χ2n) is 8.75. The molecule has 31 heavy (non-hydrogen) atoms. The summed E-state index contributed by atoms with van der Waals surface area (Å²) in [7, 11) is 0. The van der Waals surface area contributed by atoms with Crippen LogP contribution in [0.4, 0.5) is 4.79 Å². The van der Waals surface area contributed by atoms with Crippen LogP contribution in [0.3, 0.4) is 0 Å². The van der Waals surface area contributed by atoms with Gasteiger partial charge < -0.3 is 9.47 Å². The first-order chi connectivity index (χ1) is 14.8. The molecule has 0 bridgehead atoms. The number of hydrogen-bond acceptors (Lipinski definition) is 5. The zero-order valence-electron chi connectivity index (χ0n) is 18.4. The molecule has 2 unspecified atom stereocenters. The second kappa shape index (κ2) is 8.19. The van der Waals surface area contributed by atoms with Crippen molar-refractivity contribution in [3.63, 3.8) is 0 Å². The van der Waals surface area contributed by atoms with E-state index >= 15 is 0 Å². The third-order valence-corrected chi connectivity index (χ3v) is 5.34. The van der Waals surface area contributed by atoms with Crippen molar-refractivity contribution in [1.29, 1.82) is 0 Å². The molecule has 1 aliphatic rings. The molecule has 6 nitrogen and oxygen atoms in total. The van der Waals surface area contributed by atoms with Crippen LogP contribution in [0.2, 0.25) is 0 Å². The predicted molar refractivity (Wildman–Crippen MR) is 119 cm³/mol. The van der Waals surface area contributed by atoms with E-state index in [-0.39, 0.29) is 18.1 Å². The van der Waals surface area contributed by atoms with Gasteiger partial charge in [0.25, 0.3) is 0 Å². The quantitative estimate of drug-likeness (QED) is 0.433. The van der Waals surface area contributed by atoms with Gasteiger partial charge in [0.2, 0.25) is 0 Å². The van der Waals surface area contributed by atoms with Crippen molar-refractivity contribution >= 4 is 23.0 Å². The third kappa shape index (κ3) is 4.35. The molecule has 6 heteroatoms. The molecule has 0 N–H and O–H groups in total. The molecular weight excluding hydrogens is 392 g/mol. The molecule has 2 heterocycles. The van der Waals surface area contributed by atoms with Gasteiger partial charge in [-0.2, -0.15) is 0 Å². The summed E-state index contributed by atoms with van der Waals surface area (Å²) in [6, 6.07) is 17.4. The van der Waals surface area contributed by atoms with Crippen molar-refractivity contribution in [2.45, 2.75) is 51.9 Å². The maximum atomic E-state index is 12.7. The topological polar surface area (TPSA) is 60.5 Å². The Hall–Kier alpha value is -3.12. The molecule has 1 aromatic heterocycles. The third-order valence-electron chi connectivity index (χ3n) is 5.34. The molecule has 1 aliphatic heterocycles. The van der Waals surface area contributed by atoms with Gasteiger partial charge in [-0.15, -0.1) is 0 Å². The van der Waals surface area contributed by atoms with Crippen molar-refractivity contribution in [3.8, 4) is 0 Å². The van der Waals surface area contributed by atoms with Crippen LogP contribution in [-0.4, -0.2) is 39.8 Å². The first-order valence-corrected chi connectivity index (χ1v) is 10.6. The van der Waals surface area contributed by atoms with Crippen molar-refractivity contribution in [1.82, 2.24) is 9.47 Å². The van der Waals surface area contributed by atoms with Crippen LogP contribution < -0.4 is 0 Å². The monoisotopic (exact) mass is 420 g/mol. The number of fused-ring (bicyclic) bond motifs is 1. The predicted octanol–water partition coefficient (Wildman–Crippen LogP) is 4.91. The van der Waals surface area contributed by atoms with Gasteiger partial charge in [0, 0.05) is 18.1 Å². The minimum atomic E-state index is -0.580. The number of aromatic nitrogens is 1. The van der Waals surface area contributed by atoms with Crippen LogP contribution in [0, 0.1) is 0 Å². The van der Waals surface area contributed by atoms with Crippen molar-refractivity contribution in [3.05, 3.63) is 71.9 Å². The highest BCUT2D eigenvalue weighted by Gasteiger charge is 2.54. The molecule has 1 saturated heterocycles. The molecule has 0 saturated carbocycles. The van der Waals surface area contributed by atoms with Gasteiger partial charge in [-0.1, -0.05) is 42.5 Å². The van der Waals surface area contributed by atoms with Crippen LogP contribution in [0.25, 0.3) is 10.9 Å². The molecular formula is C25H28N2O4. The Morgan fingerprint density at radius 2 is 1.74 bits per heavy atom. The summed E-state index contributed by atoms with van der Waals surface area (Å²) < 4.78 is 12.4. The molecule has 0 aliphatic carbocycles. The van der Waals surface area contributed by atoms with Gasteiger partial charge in [0.15, 0.2) is 0 Å². The SMILES string of the molecule is CCOC(=O)[C@H]1C(c2cccc3c2ccn3C(=O)OC(C)(C)C)N1Cc1ccccc1. The summed E-state index contributed by atoms with van der Waals surface area (Å²) in [5.74, 6) is -0.216. The van der Waals surface area contributed by atoms with Crippen LogP contribution in [0.5, 0.6) is 0 Å². The first kappa shape index (κ1) is 21.1. The fraction of sp³-hybridized carbons (Fsp3) is 0.360. The van der Waals surface area contributed by atoms with Crippen LogP contribution >= 0.6 is 0 Å². The molecule has 1 fully saturated rings. The summed E-state index contributed by atoms with van der Waals surface area (Å²) in [4.78, 5) is 27.4. The van der Waals surface area contributed by atoms with Gasteiger partial charge in [0.1, 0.15) is 11.6 Å². The van der Waals surface area contributed by atoms with Gasteiger partial charge in [-0.25, -0.2) is 4.79 Å². The summed E-state index contributed by atoms with van der Waals surface area (Å²) >= 11 is 0. The van der Waals surface area contributed by atoms with Crippen LogP contribution in [0.1, 0.15) is 44.9 Å². The maximum Gasteiger partial charge on any atom is 0.418 e. The number of carbonyl (C=O) groups excluding carboxylic acids is 2. The Balaban J connectivity index is 1.67. The Bertz CT molecular complexity index is 1100. The highest BCUT2D eigenvalue weighted by atomic mass is 16.6. The minimum absolute atomic E-state index is 0.0996. The number of nitrogens with zero attached hydrogens (tertiary/aromatic N) is 2. The number of hydrogen-bond donors (Lipinski definition) is 0. The highest BCUT2D eigenvalue weighted by Crippen LogP contribution is 2.47. The number of ether oxygens (including phenoxy) is 2. The van der Waals surface area contributed by atoms with E-state index in [0.717, 1.165) is 22.0 Å². The molecule has 0 spiro atoms. The molecule has 3 atom stereocenters. The van der Waals surface area contributed by atoms with E-state index in [9.17, 15) is 9.59 Å². The maximum absolute atomic E-state index is 12.7. The highest BCUT2D eigenvalue weighted by molar-refractivity contribution is 5.93. The molecule has 162 valence electrons. The lowest BCUT2D eigenvalue weighted by molar-refractivity contribution is -0.143. The Morgan fingerprint density at radius 3 is 2.42 bits per heavy atom. The zero-order valence-corrected chi connectivity index (χ0v) is 18.4. The standard InChI is InChI=1S/C25H28N2O4/c1-5-30-23(28)22-21(27(22)16-17-10-7-6-8-11-17)19-12-9-13-20-18(19)14-15-26(20)24(29)31-25(2,3)4/h6-15,21-22H,5,16H2,1-4H3/t21?,22-,27?/m1/s1. The summed E-state index contributed by atoms with van der Waals surface area (Å²) in [6.45, 7) is 8.35. The van der Waals surface area contributed by atoms with E-state index in [1.165, 1.54) is 4.57 Å². The average molecular weight is 421 g/mol. The lowest BCUT2D eigenvalue weighted by atomic mass is 10.0. The average Bonchev–Trinajstić information content (AvgIpc) is 3.23. The Kier molecular flexibility index (Phi) is 5.58. The molecule has 2 aromatic carbocycles. The smallest absolute Gasteiger partial charge is 0.418 e. The van der Waals surface area contributed by atoms with Crippen LogP contribution in [-0.2, 0) is 20.8 Å². The van der Waals surface area contributed by atoms with Gasteiger partial charge in [-0.3, -0.25) is 14.3 Å². The Labute approximate surface area is 182 Å². The normalized spacial score (nSPS) is 20.5. The minimum Gasteiger partial charge on any atom is -0.465 e. The fourth-order valence-electron chi connectivity index (χ4n) is 4.03. The lowest BCUT2D eigenvalue weighted by Gasteiger charge is -2.19. The van der Waals surface area contributed by atoms with E-state index in [2.05, 4.69) is 17.0 Å². The molecule has 3 aromatic rings. The Morgan fingerprint density at radius 1 is 1.00 bits per heavy atom. The van der Waals surface area contributed by atoms with Gasteiger partial charge in [-0.05, 0) is 51.0 Å². The van der Waals surface area contributed by atoms with E-state index < -0.39 is 11.7 Å². The van der Waals surface area contributed by atoms with E-state index in [1.807, 2.05) is 70.2 Å². The van der Waals surface area contributed by atoms with Crippen molar-refractivity contribution in [2.75, 3.05) is 6.61 Å². The van der Waals surface area contributed by atoms with E-state index in [1.54, 1.807) is 6.20 Å². The number of esters is 1. The number of carbonyl (C=O) groups is 2. The molecule has 0 amide bonds. The largest absolute Gasteiger partial charge is 0.465 e. The lowest BCUT2D eigenvalue weighted by Crippen LogP contribution is -2.26. The fourth-order valence-corrected chi connectivity index (χ4v) is 4.03. The second-order valence-corrected chi connectivity index (χ2v) is 8.75. The van der Waals surface area contributed by atoms with Crippen molar-refractivity contribution < 1.29 is 19.1 Å². The summed E-state index contributed by atoms with van der Waals surface area (Å²) in [5, 5.41) is 0.934. The number of rotatable bonds is 5.